The van der Waals surface area contributed by atoms with E-state index in [1.54, 1.807) is 0 Å². The van der Waals surface area contributed by atoms with Gasteiger partial charge in [-0.2, -0.15) is 0 Å². The minimum Gasteiger partial charge on any atom is -0.466 e. The van der Waals surface area contributed by atoms with Crippen molar-refractivity contribution in [3.8, 4) is 11.3 Å². The Hall–Kier alpha value is -2.60. The Labute approximate surface area is 196 Å². The number of ether oxygens (including phenoxy) is 1. The predicted molar refractivity (Wildman–Crippen MR) is 128 cm³/mol. The topological polar surface area (TPSA) is 80.0 Å². The van der Waals surface area contributed by atoms with Crippen LogP contribution in [0.3, 0.4) is 0 Å². The number of benzene rings is 1. The summed E-state index contributed by atoms with van der Waals surface area (Å²) in [5.74, 6) is 1.42. The molecule has 1 aliphatic rings. The van der Waals surface area contributed by atoms with Crippen LogP contribution in [0.15, 0.2) is 40.8 Å². The lowest BCUT2D eigenvalue weighted by Crippen LogP contribution is -2.34. The monoisotopic (exact) mass is 455 g/mol. The van der Waals surface area contributed by atoms with Crippen LogP contribution in [0.25, 0.3) is 11.3 Å². The van der Waals surface area contributed by atoms with Gasteiger partial charge in [0.15, 0.2) is 0 Å². The lowest BCUT2D eigenvalue weighted by molar-refractivity contribution is -0.143. The maximum Gasteiger partial charge on any atom is 0.305 e. The van der Waals surface area contributed by atoms with Crippen molar-refractivity contribution in [3.63, 3.8) is 0 Å². The van der Waals surface area contributed by atoms with Crippen LogP contribution in [-0.2, 0) is 14.3 Å². The molecule has 1 aromatic heterocycles. The molecular weight excluding hydrogens is 418 g/mol. The van der Waals surface area contributed by atoms with Gasteiger partial charge in [-0.05, 0) is 63.6 Å². The quantitative estimate of drug-likeness (QED) is 0.315. The SMILES string of the molecule is CCOC(=O)CCCCCCN1C(=O)CCC1CC[C@H](O)c1ccc(-c2ccccc2C)o1. The summed E-state index contributed by atoms with van der Waals surface area (Å²) in [6.07, 6.45) is 6.27. The van der Waals surface area contributed by atoms with Crippen molar-refractivity contribution in [2.75, 3.05) is 13.2 Å². The normalized spacial score (nSPS) is 16.9. The highest BCUT2D eigenvalue weighted by atomic mass is 16.5. The third kappa shape index (κ3) is 7.19. The molecule has 1 aromatic carbocycles. The first-order chi connectivity index (χ1) is 16.0. The molecule has 2 aromatic rings. The maximum atomic E-state index is 12.4. The number of likely N-dealkylation sites (tertiary alicyclic amines) is 1. The Bertz CT molecular complexity index is 905. The Morgan fingerprint density at radius 1 is 1.18 bits per heavy atom. The van der Waals surface area contributed by atoms with Gasteiger partial charge in [-0.15, -0.1) is 0 Å². The molecule has 0 saturated carbocycles. The van der Waals surface area contributed by atoms with E-state index in [4.69, 9.17) is 9.15 Å². The van der Waals surface area contributed by atoms with E-state index in [1.807, 2.05) is 55.1 Å². The van der Waals surface area contributed by atoms with E-state index in [0.717, 1.165) is 62.0 Å². The van der Waals surface area contributed by atoms with Crippen molar-refractivity contribution in [1.29, 1.82) is 0 Å². The molecule has 33 heavy (non-hydrogen) atoms. The van der Waals surface area contributed by atoms with Crippen LogP contribution >= 0.6 is 0 Å². The van der Waals surface area contributed by atoms with E-state index in [9.17, 15) is 14.7 Å². The molecule has 2 atom stereocenters. The number of rotatable bonds is 13. The van der Waals surface area contributed by atoms with E-state index >= 15 is 0 Å². The third-order valence-corrected chi connectivity index (χ3v) is 6.43. The van der Waals surface area contributed by atoms with Gasteiger partial charge in [-0.3, -0.25) is 9.59 Å². The highest BCUT2D eigenvalue weighted by Gasteiger charge is 2.30. The van der Waals surface area contributed by atoms with E-state index in [0.29, 0.717) is 31.6 Å². The molecular formula is C27H37NO5. The summed E-state index contributed by atoms with van der Waals surface area (Å²) < 4.78 is 10.9. The van der Waals surface area contributed by atoms with Gasteiger partial charge < -0.3 is 19.2 Å². The summed E-state index contributed by atoms with van der Waals surface area (Å²) in [5, 5.41) is 10.7. The smallest absolute Gasteiger partial charge is 0.305 e. The van der Waals surface area contributed by atoms with E-state index in [2.05, 4.69) is 0 Å². The van der Waals surface area contributed by atoms with Gasteiger partial charge in [0.25, 0.3) is 0 Å². The molecule has 3 rings (SSSR count). The molecule has 0 aliphatic carbocycles. The Balaban J connectivity index is 1.42. The summed E-state index contributed by atoms with van der Waals surface area (Å²) in [6, 6.07) is 12.0. The van der Waals surface area contributed by atoms with Gasteiger partial charge in [0.05, 0.1) is 6.61 Å². The van der Waals surface area contributed by atoms with Crippen molar-refractivity contribution in [2.45, 2.75) is 83.8 Å². The van der Waals surface area contributed by atoms with E-state index in [1.165, 1.54) is 0 Å². The van der Waals surface area contributed by atoms with E-state index in [-0.39, 0.29) is 17.9 Å². The van der Waals surface area contributed by atoms with Gasteiger partial charge in [0.1, 0.15) is 17.6 Å². The molecule has 1 fully saturated rings. The van der Waals surface area contributed by atoms with Gasteiger partial charge in [0.2, 0.25) is 5.91 Å². The molecule has 0 bridgehead atoms. The summed E-state index contributed by atoms with van der Waals surface area (Å²) in [6.45, 7) is 5.04. The first-order valence-corrected chi connectivity index (χ1v) is 12.3. The second-order valence-electron chi connectivity index (χ2n) is 8.86. The Morgan fingerprint density at radius 3 is 2.76 bits per heavy atom. The molecule has 0 spiro atoms. The zero-order chi connectivity index (χ0) is 23.6. The molecule has 6 nitrogen and oxygen atoms in total. The van der Waals surface area contributed by atoms with Crippen molar-refractivity contribution in [3.05, 3.63) is 47.7 Å². The lowest BCUT2D eigenvalue weighted by Gasteiger charge is -2.25. The summed E-state index contributed by atoms with van der Waals surface area (Å²) >= 11 is 0. The van der Waals surface area contributed by atoms with Crippen LogP contribution in [0.2, 0.25) is 0 Å². The fraction of sp³-hybridized carbons (Fsp3) is 0.556. The van der Waals surface area contributed by atoms with Crippen LogP contribution in [0.4, 0.5) is 0 Å². The zero-order valence-electron chi connectivity index (χ0n) is 19.9. The summed E-state index contributed by atoms with van der Waals surface area (Å²) in [4.78, 5) is 25.7. The number of aliphatic hydroxyl groups excluding tert-OH is 1. The van der Waals surface area contributed by atoms with Crippen molar-refractivity contribution in [2.24, 2.45) is 0 Å². The number of nitrogens with zero attached hydrogens (tertiary/aromatic N) is 1. The zero-order valence-corrected chi connectivity index (χ0v) is 19.9. The van der Waals surface area contributed by atoms with E-state index < -0.39 is 6.10 Å². The van der Waals surface area contributed by atoms with Crippen molar-refractivity contribution in [1.82, 2.24) is 4.90 Å². The largest absolute Gasteiger partial charge is 0.466 e. The first-order valence-electron chi connectivity index (χ1n) is 12.3. The Morgan fingerprint density at radius 2 is 1.97 bits per heavy atom. The highest BCUT2D eigenvalue weighted by Crippen LogP contribution is 2.31. The molecule has 2 heterocycles. The van der Waals surface area contributed by atoms with Gasteiger partial charge >= 0.3 is 5.97 Å². The molecule has 1 aliphatic heterocycles. The fourth-order valence-corrected chi connectivity index (χ4v) is 4.56. The second kappa shape index (κ2) is 12.6. The number of aliphatic hydroxyl groups is 1. The van der Waals surface area contributed by atoms with Crippen molar-refractivity contribution < 1.29 is 23.8 Å². The van der Waals surface area contributed by atoms with Crippen LogP contribution in [0, 0.1) is 6.92 Å². The number of hydrogen-bond donors (Lipinski definition) is 1. The number of carbonyl (C=O) groups is 2. The third-order valence-electron chi connectivity index (χ3n) is 6.43. The Kier molecular flexibility index (Phi) is 9.55. The van der Waals surface area contributed by atoms with Gasteiger partial charge in [-0.1, -0.05) is 37.1 Å². The van der Waals surface area contributed by atoms with Crippen LogP contribution < -0.4 is 0 Å². The lowest BCUT2D eigenvalue weighted by atomic mass is 10.0. The molecule has 1 unspecified atom stereocenters. The number of hydrogen-bond acceptors (Lipinski definition) is 5. The standard InChI is InChI=1S/C27H37NO5/c1-3-32-27(31)12-6-4-5-9-19-28-21(14-18-26(28)30)13-15-23(29)25-17-16-24(33-25)22-11-8-7-10-20(22)2/h7-8,10-11,16-17,21,23,29H,3-6,9,12-15,18-19H2,1-2H3/t21?,23-/m0/s1. The van der Waals surface area contributed by atoms with Gasteiger partial charge in [-0.25, -0.2) is 0 Å². The molecule has 180 valence electrons. The number of unbranched alkanes of at least 4 members (excludes halogenated alkanes) is 3. The molecule has 6 heteroatoms. The van der Waals surface area contributed by atoms with Crippen LogP contribution in [-0.4, -0.2) is 41.1 Å². The highest BCUT2D eigenvalue weighted by molar-refractivity contribution is 5.78. The van der Waals surface area contributed by atoms with Crippen LogP contribution in [0.1, 0.15) is 82.1 Å². The second-order valence-corrected chi connectivity index (χ2v) is 8.86. The fourth-order valence-electron chi connectivity index (χ4n) is 4.56. The number of carbonyl (C=O) groups excluding carboxylic acids is 2. The molecule has 0 radical (unpaired) electrons. The maximum absolute atomic E-state index is 12.4. The number of furan rings is 1. The molecule has 1 saturated heterocycles. The van der Waals surface area contributed by atoms with Gasteiger partial charge in [0, 0.05) is 31.0 Å². The minimum atomic E-state index is -0.678. The molecule has 1 amide bonds. The summed E-state index contributed by atoms with van der Waals surface area (Å²) in [5.41, 5.74) is 2.17. The van der Waals surface area contributed by atoms with Crippen molar-refractivity contribution >= 4 is 11.9 Å². The first kappa shape index (κ1) is 25.0. The number of esters is 1. The summed E-state index contributed by atoms with van der Waals surface area (Å²) in [7, 11) is 0. The molecule has 1 N–H and O–H groups in total. The van der Waals surface area contributed by atoms with Crippen LogP contribution in [0.5, 0.6) is 0 Å². The number of aryl methyl sites for hydroxylation is 1. The average molecular weight is 456 g/mol. The minimum absolute atomic E-state index is 0.131. The predicted octanol–water partition coefficient (Wildman–Crippen LogP) is 5.57. The number of amides is 1. The average Bonchev–Trinajstić information content (AvgIpc) is 3.42.